The smallest absolute Gasteiger partial charge is 0.234 e. The van der Waals surface area contributed by atoms with Crippen molar-refractivity contribution >= 4 is 11.9 Å². The van der Waals surface area contributed by atoms with E-state index >= 15 is 0 Å². The Bertz CT molecular complexity index is 224. The number of carbonyl (C=O) groups is 2. The highest BCUT2D eigenvalue weighted by atomic mass is 16.5. The molecule has 1 amide bonds. The second-order valence-electron chi connectivity index (χ2n) is 3.16. The van der Waals surface area contributed by atoms with Gasteiger partial charge in [0.15, 0.2) is 0 Å². The van der Waals surface area contributed by atoms with E-state index in [0.717, 1.165) is 0 Å². The molecule has 0 spiro atoms. The molecule has 13 heavy (non-hydrogen) atoms. The number of carbonyl (C=O) groups excluding carboxylic acids is 2. The third-order valence-electron chi connectivity index (χ3n) is 2.28. The summed E-state index contributed by atoms with van der Waals surface area (Å²) in [4.78, 5) is 22.2. The van der Waals surface area contributed by atoms with Crippen LogP contribution >= 0.6 is 0 Å². The van der Waals surface area contributed by atoms with Crippen molar-refractivity contribution in [2.24, 2.45) is 5.41 Å². The van der Waals surface area contributed by atoms with Crippen molar-refractivity contribution in [3.63, 3.8) is 0 Å². The topological polar surface area (TPSA) is 78.5 Å². The lowest BCUT2D eigenvalue weighted by Gasteiger charge is -2.35. The van der Waals surface area contributed by atoms with Gasteiger partial charge in [0.2, 0.25) is 5.91 Å². The summed E-state index contributed by atoms with van der Waals surface area (Å²) in [7, 11) is 1.37. The van der Waals surface area contributed by atoms with Crippen LogP contribution in [0, 0.1) is 5.41 Å². The molecule has 5 nitrogen and oxygen atoms in total. The van der Waals surface area contributed by atoms with Crippen molar-refractivity contribution in [3.8, 4) is 0 Å². The van der Waals surface area contributed by atoms with E-state index in [1.165, 1.54) is 7.11 Å². The van der Waals surface area contributed by atoms with Crippen molar-refractivity contribution < 1.29 is 19.4 Å². The monoisotopic (exact) mass is 186 g/mol. The second kappa shape index (κ2) is 3.74. The number of methoxy groups -OCH3 is 1. The minimum Gasteiger partial charge on any atom is -0.549 e. The number of carboxylic acids is 1. The van der Waals surface area contributed by atoms with Gasteiger partial charge in [0.25, 0.3) is 0 Å². The summed E-state index contributed by atoms with van der Waals surface area (Å²) in [6.45, 7) is 0.402. The average Bonchev–Trinajstić information content (AvgIpc) is 2.09. The van der Waals surface area contributed by atoms with Gasteiger partial charge in [-0.2, -0.15) is 0 Å². The fourth-order valence-corrected chi connectivity index (χ4v) is 1.51. The van der Waals surface area contributed by atoms with Gasteiger partial charge in [0, 0.05) is 13.7 Å². The Hall–Kier alpha value is -1.10. The summed E-state index contributed by atoms with van der Waals surface area (Å²) in [5.74, 6) is -1.85. The van der Waals surface area contributed by atoms with Gasteiger partial charge < -0.3 is 20.0 Å². The van der Waals surface area contributed by atoms with Gasteiger partial charge in [-0.15, -0.1) is 0 Å². The highest BCUT2D eigenvalue weighted by molar-refractivity contribution is 6.01. The molecule has 0 saturated carbocycles. The van der Waals surface area contributed by atoms with Crippen LogP contribution in [0.3, 0.4) is 0 Å². The Kier molecular flexibility index (Phi) is 2.87. The SMILES string of the molecule is COCC1(C(=O)[O-])CCCNC1=O. The summed E-state index contributed by atoms with van der Waals surface area (Å²) in [5, 5.41) is 13.3. The second-order valence-corrected chi connectivity index (χ2v) is 3.16. The summed E-state index contributed by atoms with van der Waals surface area (Å²) in [6.07, 6.45) is 0.929. The van der Waals surface area contributed by atoms with E-state index in [0.29, 0.717) is 13.0 Å². The predicted molar refractivity (Wildman–Crippen MR) is 41.6 cm³/mol. The van der Waals surface area contributed by atoms with E-state index in [-0.39, 0.29) is 13.0 Å². The van der Waals surface area contributed by atoms with Crippen molar-refractivity contribution in [2.75, 3.05) is 20.3 Å². The molecule has 0 radical (unpaired) electrons. The molecule has 1 aliphatic rings. The first-order valence-corrected chi connectivity index (χ1v) is 4.12. The van der Waals surface area contributed by atoms with Crippen LogP contribution in [0.25, 0.3) is 0 Å². The van der Waals surface area contributed by atoms with Crippen LogP contribution in [-0.2, 0) is 14.3 Å². The highest BCUT2D eigenvalue weighted by Gasteiger charge is 2.41. The van der Waals surface area contributed by atoms with Crippen LogP contribution in [0.4, 0.5) is 0 Å². The lowest BCUT2D eigenvalue weighted by molar-refractivity contribution is -0.319. The predicted octanol–water partition coefficient (Wildman–Crippen LogP) is -1.72. The maximum absolute atomic E-state index is 11.3. The molecule has 1 saturated heterocycles. The first kappa shape index (κ1) is 9.98. The quantitative estimate of drug-likeness (QED) is 0.532. The number of nitrogens with one attached hydrogen (secondary N) is 1. The number of ether oxygens (including phenoxy) is 1. The third-order valence-corrected chi connectivity index (χ3v) is 2.28. The molecular formula is C8H12NO4-. The van der Waals surface area contributed by atoms with Crippen LogP contribution in [0.1, 0.15) is 12.8 Å². The molecule has 1 unspecified atom stereocenters. The highest BCUT2D eigenvalue weighted by Crippen LogP contribution is 2.26. The molecule has 0 bridgehead atoms. The van der Waals surface area contributed by atoms with Crippen molar-refractivity contribution in [1.82, 2.24) is 5.32 Å². The Morgan fingerprint density at radius 3 is 2.92 bits per heavy atom. The lowest BCUT2D eigenvalue weighted by Crippen LogP contribution is -2.57. The van der Waals surface area contributed by atoms with E-state index < -0.39 is 17.3 Å². The average molecular weight is 186 g/mol. The van der Waals surface area contributed by atoms with Crippen LogP contribution in [0.15, 0.2) is 0 Å². The van der Waals surface area contributed by atoms with Gasteiger partial charge >= 0.3 is 0 Å². The van der Waals surface area contributed by atoms with E-state index in [1.807, 2.05) is 0 Å². The van der Waals surface area contributed by atoms with E-state index in [9.17, 15) is 14.7 Å². The normalized spacial score (nSPS) is 28.2. The fourth-order valence-electron chi connectivity index (χ4n) is 1.51. The minimum atomic E-state index is -1.48. The van der Waals surface area contributed by atoms with Gasteiger partial charge in [-0.25, -0.2) is 0 Å². The van der Waals surface area contributed by atoms with Gasteiger partial charge in [0.1, 0.15) is 5.41 Å². The zero-order valence-corrected chi connectivity index (χ0v) is 7.46. The number of piperidine rings is 1. The molecule has 1 aliphatic heterocycles. The molecule has 74 valence electrons. The molecule has 1 N–H and O–H groups in total. The van der Waals surface area contributed by atoms with E-state index in [4.69, 9.17) is 4.74 Å². The Morgan fingerprint density at radius 1 is 1.77 bits per heavy atom. The maximum Gasteiger partial charge on any atom is 0.234 e. The fraction of sp³-hybridized carbons (Fsp3) is 0.750. The van der Waals surface area contributed by atoms with Gasteiger partial charge in [-0.05, 0) is 12.8 Å². The molecule has 0 aromatic rings. The van der Waals surface area contributed by atoms with Crippen LogP contribution < -0.4 is 10.4 Å². The molecule has 1 rings (SSSR count). The van der Waals surface area contributed by atoms with Crippen molar-refractivity contribution in [1.29, 1.82) is 0 Å². The lowest BCUT2D eigenvalue weighted by atomic mass is 9.80. The van der Waals surface area contributed by atoms with Crippen LogP contribution in [-0.4, -0.2) is 32.1 Å². The van der Waals surface area contributed by atoms with Gasteiger partial charge in [-0.3, -0.25) is 4.79 Å². The summed E-state index contributed by atoms with van der Waals surface area (Å²) >= 11 is 0. The number of hydrogen-bond acceptors (Lipinski definition) is 4. The summed E-state index contributed by atoms with van der Waals surface area (Å²) < 4.78 is 4.73. The zero-order chi connectivity index (χ0) is 9.90. The summed E-state index contributed by atoms with van der Waals surface area (Å²) in [5.41, 5.74) is -1.48. The number of amides is 1. The molecule has 1 fully saturated rings. The van der Waals surface area contributed by atoms with Crippen LogP contribution in [0.2, 0.25) is 0 Å². The summed E-state index contributed by atoms with van der Waals surface area (Å²) in [6, 6.07) is 0. The largest absolute Gasteiger partial charge is 0.549 e. The van der Waals surface area contributed by atoms with Gasteiger partial charge in [0.05, 0.1) is 12.6 Å². The van der Waals surface area contributed by atoms with E-state index in [1.54, 1.807) is 0 Å². The molecule has 0 aromatic heterocycles. The van der Waals surface area contributed by atoms with E-state index in [2.05, 4.69) is 5.32 Å². The Labute approximate surface area is 76.1 Å². The first-order valence-electron chi connectivity index (χ1n) is 4.12. The molecule has 0 aliphatic carbocycles. The third kappa shape index (κ3) is 1.65. The maximum atomic E-state index is 11.3. The number of rotatable bonds is 3. The standard InChI is InChI=1S/C8H13NO4/c1-13-5-8(7(11)12)3-2-4-9-6(8)10/h2-5H2,1H3,(H,9,10)(H,11,12)/p-1. The van der Waals surface area contributed by atoms with Crippen molar-refractivity contribution in [2.45, 2.75) is 12.8 Å². The Balaban J connectivity index is 2.86. The molecular weight excluding hydrogens is 174 g/mol. The molecule has 1 atom stereocenters. The number of hydrogen-bond donors (Lipinski definition) is 1. The first-order chi connectivity index (χ1) is 6.13. The minimum absolute atomic E-state index is 0.124. The van der Waals surface area contributed by atoms with Crippen molar-refractivity contribution in [3.05, 3.63) is 0 Å². The number of carboxylic acid groups (broad SMARTS) is 1. The molecule has 1 heterocycles. The zero-order valence-electron chi connectivity index (χ0n) is 7.46. The van der Waals surface area contributed by atoms with Gasteiger partial charge in [-0.1, -0.05) is 0 Å². The van der Waals surface area contributed by atoms with Crippen LogP contribution in [0.5, 0.6) is 0 Å². The molecule has 5 heteroatoms. The number of aliphatic carboxylic acids is 1. The Morgan fingerprint density at radius 2 is 2.46 bits per heavy atom. The molecule has 0 aromatic carbocycles.